The summed E-state index contributed by atoms with van der Waals surface area (Å²) in [6.07, 6.45) is 0.434. The summed E-state index contributed by atoms with van der Waals surface area (Å²) in [5.74, 6) is -0.928. The van der Waals surface area contributed by atoms with Crippen LogP contribution in [0, 0.1) is 0 Å². The third-order valence-corrected chi connectivity index (χ3v) is 4.95. The standard InChI is InChI=1S/C12H16N2O4S/c13-10-3-1-2-4-11(10)14(7-12(15)16)9-5-6-19(17,18)8-9/h1-4,9H,5-8,13H2,(H,15,16). The zero-order chi connectivity index (χ0) is 14.0. The van der Waals surface area contributed by atoms with E-state index < -0.39 is 15.8 Å². The lowest BCUT2D eigenvalue weighted by Gasteiger charge is -2.29. The summed E-state index contributed by atoms with van der Waals surface area (Å²) in [5, 5.41) is 8.99. The molecule has 1 heterocycles. The van der Waals surface area contributed by atoms with Gasteiger partial charge in [0.05, 0.1) is 22.9 Å². The van der Waals surface area contributed by atoms with Crippen LogP contribution in [0.2, 0.25) is 0 Å². The molecule has 1 aliphatic rings. The number of carbonyl (C=O) groups is 1. The molecule has 7 heteroatoms. The predicted octanol–water partition coefficient (Wildman–Crippen LogP) is 0.347. The molecule has 1 fully saturated rings. The number of carboxylic acid groups (broad SMARTS) is 1. The van der Waals surface area contributed by atoms with Crippen LogP contribution in [0.3, 0.4) is 0 Å². The third kappa shape index (κ3) is 3.17. The fourth-order valence-electron chi connectivity index (χ4n) is 2.33. The minimum atomic E-state index is -3.07. The lowest BCUT2D eigenvalue weighted by molar-refractivity contribution is -0.135. The van der Waals surface area contributed by atoms with Crippen LogP contribution in [-0.4, -0.2) is 43.6 Å². The Morgan fingerprint density at radius 3 is 2.63 bits per heavy atom. The molecule has 0 spiro atoms. The molecule has 0 amide bonds. The number of aliphatic carboxylic acids is 1. The number of nitrogen functional groups attached to an aromatic ring is 1. The number of rotatable bonds is 4. The van der Waals surface area contributed by atoms with E-state index in [0.717, 1.165) is 0 Å². The molecule has 0 aromatic heterocycles. The number of anilines is 2. The van der Waals surface area contributed by atoms with Crippen molar-refractivity contribution in [2.24, 2.45) is 0 Å². The number of benzene rings is 1. The van der Waals surface area contributed by atoms with Gasteiger partial charge in [0.1, 0.15) is 6.54 Å². The largest absolute Gasteiger partial charge is 0.480 e. The zero-order valence-corrected chi connectivity index (χ0v) is 11.1. The minimum Gasteiger partial charge on any atom is -0.480 e. The van der Waals surface area contributed by atoms with Crippen LogP contribution in [0.5, 0.6) is 0 Å². The van der Waals surface area contributed by atoms with E-state index >= 15 is 0 Å². The maximum Gasteiger partial charge on any atom is 0.323 e. The van der Waals surface area contributed by atoms with Crippen molar-refractivity contribution in [2.45, 2.75) is 12.5 Å². The summed E-state index contributed by atoms with van der Waals surface area (Å²) in [5.41, 5.74) is 6.88. The molecular weight excluding hydrogens is 268 g/mol. The van der Waals surface area contributed by atoms with Gasteiger partial charge in [-0.05, 0) is 18.6 Å². The van der Waals surface area contributed by atoms with Crippen LogP contribution in [0.1, 0.15) is 6.42 Å². The number of sulfone groups is 1. The quantitative estimate of drug-likeness (QED) is 0.774. The maximum absolute atomic E-state index is 11.5. The number of carboxylic acids is 1. The van der Waals surface area contributed by atoms with Gasteiger partial charge in [0.15, 0.2) is 9.84 Å². The Morgan fingerprint density at radius 2 is 2.11 bits per heavy atom. The second-order valence-corrected chi connectivity index (χ2v) is 6.87. The summed E-state index contributed by atoms with van der Waals surface area (Å²) in [4.78, 5) is 12.6. The first-order valence-electron chi connectivity index (χ1n) is 5.92. The second-order valence-electron chi connectivity index (χ2n) is 4.64. The second kappa shape index (κ2) is 5.08. The van der Waals surface area contributed by atoms with Crippen LogP contribution in [0.25, 0.3) is 0 Å². The van der Waals surface area contributed by atoms with Gasteiger partial charge in [-0.25, -0.2) is 8.42 Å². The number of hydrogen-bond acceptors (Lipinski definition) is 5. The lowest BCUT2D eigenvalue weighted by Crippen LogP contribution is -2.40. The molecule has 1 aromatic rings. The maximum atomic E-state index is 11.5. The Hall–Kier alpha value is -1.76. The molecule has 0 aliphatic carbocycles. The molecule has 0 radical (unpaired) electrons. The van der Waals surface area contributed by atoms with Gasteiger partial charge in [0.25, 0.3) is 0 Å². The summed E-state index contributed by atoms with van der Waals surface area (Å²) in [6.45, 7) is -0.256. The van der Waals surface area contributed by atoms with Gasteiger partial charge in [0.2, 0.25) is 0 Å². The molecule has 19 heavy (non-hydrogen) atoms. The highest BCUT2D eigenvalue weighted by Gasteiger charge is 2.33. The van der Waals surface area contributed by atoms with Gasteiger partial charge < -0.3 is 15.7 Å². The molecule has 1 unspecified atom stereocenters. The van der Waals surface area contributed by atoms with E-state index in [4.69, 9.17) is 10.8 Å². The average Bonchev–Trinajstić information content (AvgIpc) is 2.67. The molecule has 3 N–H and O–H groups in total. The molecule has 6 nitrogen and oxygen atoms in total. The molecule has 0 saturated carbocycles. The van der Waals surface area contributed by atoms with Crippen molar-refractivity contribution in [2.75, 3.05) is 28.7 Å². The summed E-state index contributed by atoms with van der Waals surface area (Å²) >= 11 is 0. The van der Waals surface area contributed by atoms with Crippen molar-refractivity contribution in [3.05, 3.63) is 24.3 Å². The third-order valence-electron chi connectivity index (χ3n) is 3.20. The van der Waals surface area contributed by atoms with E-state index in [1.807, 2.05) is 0 Å². The first-order valence-corrected chi connectivity index (χ1v) is 7.74. The minimum absolute atomic E-state index is 0.0192. The zero-order valence-electron chi connectivity index (χ0n) is 10.3. The van der Waals surface area contributed by atoms with Gasteiger partial charge in [-0.3, -0.25) is 4.79 Å². The van der Waals surface area contributed by atoms with E-state index in [1.54, 1.807) is 29.2 Å². The Balaban J connectivity index is 2.32. The Kier molecular flexibility index (Phi) is 3.66. The Labute approximate surface area is 111 Å². The summed E-state index contributed by atoms with van der Waals surface area (Å²) < 4.78 is 23.1. The van der Waals surface area contributed by atoms with E-state index in [0.29, 0.717) is 17.8 Å². The van der Waals surface area contributed by atoms with Gasteiger partial charge in [-0.15, -0.1) is 0 Å². The first-order chi connectivity index (χ1) is 8.89. The van der Waals surface area contributed by atoms with Crippen molar-refractivity contribution >= 4 is 27.2 Å². The topological polar surface area (TPSA) is 101 Å². The van der Waals surface area contributed by atoms with Crippen molar-refractivity contribution in [1.29, 1.82) is 0 Å². The Morgan fingerprint density at radius 1 is 1.42 bits per heavy atom. The fraction of sp³-hybridized carbons (Fsp3) is 0.417. The molecular formula is C12H16N2O4S. The summed E-state index contributed by atoms with van der Waals surface area (Å²) in [7, 11) is -3.07. The van der Waals surface area contributed by atoms with Crippen molar-refractivity contribution in [3.63, 3.8) is 0 Å². The monoisotopic (exact) mass is 284 g/mol. The number of nitrogens with two attached hydrogens (primary N) is 1. The number of para-hydroxylation sites is 2. The normalized spacial score (nSPS) is 21.2. The van der Waals surface area contributed by atoms with Crippen LogP contribution in [0.4, 0.5) is 11.4 Å². The van der Waals surface area contributed by atoms with E-state index in [9.17, 15) is 13.2 Å². The van der Waals surface area contributed by atoms with Gasteiger partial charge in [-0.2, -0.15) is 0 Å². The van der Waals surface area contributed by atoms with Crippen molar-refractivity contribution in [3.8, 4) is 0 Å². The van der Waals surface area contributed by atoms with Crippen LogP contribution in [0.15, 0.2) is 24.3 Å². The van der Waals surface area contributed by atoms with Crippen LogP contribution >= 0.6 is 0 Å². The van der Waals surface area contributed by atoms with E-state index in [2.05, 4.69) is 0 Å². The van der Waals surface area contributed by atoms with Crippen molar-refractivity contribution < 1.29 is 18.3 Å². The van der Waals surface area contributed by atoms with Crippen molar-refractivity contribution in [1.82, 2.24) is 0 Å². The highest BCUT2D eigenvalue weighted by atomic mass is 32.2. The predicted molar refractivity (Wildman–Crippen MR) is 72.9 cm³/mol. The average molecular weight is 284 g/mol. The molecule has 1 saturated heterocycles. The van der Waals surface area contributed by atoms with Crippen LogP contribution in [-0.2, 0) is 14.6 Å². The van der Waals surface area contributed by atoms with E-state index in [-0.39, 0.29) is 24.1 Å². The molecule has 0 bridgehead atoms. The number of nitrogens with zero attached hydrogens (tertiary/aromatic N) is 1. The first kappa shape index (κ1) is 13.7. The van der Waals surface area contributed by atoms with E-state index in [1.165, 1.54) is 0 Å². The smallest absolute Gasteiger partial charge is 0.323 e. The van der Waals surface area contributed by atoms with Gasteiger partial charge in [-0.1, -0.05) is 12.1 Å². The van der Waals surface area contributed by atoms with Gasteiger partial charge in [0, 0.05) is 6.04 Å². The summed E-state index contributed by atoms with van der Waals surface area (Å²) in [6, 6.07) is 6.56. The van der Waals surface area contributed by atoms with Gasteiger partial charge >= 0.3 is 5.97 Å². The molecule has 1 aromatic carbocycles. The SMILES string of the molecule is Nc1ccccc1N(CC(=O)O)C1CCS(=O)(=O)C1. The lowest BCUT2D eigenvalue weighted by atomic mass is 10.1. The number of hydrogen-bond donors (Lipinski definition) is 2. The molecule has 104 valence electrons. The molecule has 1 aliphatic heterocycles. The fourth-order valence-corrected chi connectivity index (χ4v) is 4.06. The molecule has 2 rings (SSSR count). The van der Waals surface area contributed by atoms with Crippen LogP contribution < -0.4 is 10.6 Å². The highest BCUT2D eigenvalue weighted by molar-refractivity contribution is 7.91. The Bertz CT molecular complexity index is 585. The highest BCUT2D eigenvalue weighted by Crippen LogP contribution is 2.28. The molecule has 1 atom stereocenters.